The van der Waals surface area contributed by atoms with Crippen LogP contribution < -0.4 is 5.56 Å². The maximum absolute atomic E-state index is 13.1. The van der Waals surface area contributed by atoms with Crippen LogP contribution in [0.4, 0.5) is 0 Å². The maximum Gasteiger partial charge on any atom is 0.297 e. The van der Waals surface area contributed by atoms with Crippen molar-refractivity contribution in [1.82, 2.24) is 14.5 Å². The molecule has 2 aromatic carbocycles. The molecule has 0 bridgehead atoms. The van der Waals surface area contributed by atoms with Crippen molar-refractivity contribution < 1.29 is 9.21 Å². The standard InChI is InChI=1S/C23H23N3O3/c1-3-16(2)26(13-17-9-5-4-6-10-17)20(27)14-25-15-24-21-18-11-7-8-12-19(18)29-22(21)23(25)28/h4-12,15-16H,3,13-14H2,1-2H3/t16-/m1/s1. The van der Waals surface area contributed by atoms with Crippen molar-refractivity contribution >= 4 is 28.0 Å². The Morgan fingerprint density at radius 1 is 1.14 bits per heavy atom. The molecule has 0 radical (unpaired) electrons. The van der Waals surface area contributed by atoms with Crippen LogP contribution in [0.1, 0.15) is 25.8 Å². The number of fused-ring (bicyclic) bond motifs is 3. The number of hydrogen-bond acceptors (Lipinski definition) is 4. The molecular formula is C23H23N3O3. The fourth-order valence-corrected chi connectivity index (χ4v) is 3.45. The van der Waals surface area contributed by atoms with E-state index in [2.05, 4.69) is 4.98 Å². The second-order valence-corrected chi connectivity index (χ2v) is 7.22. The lowest BCUT2D eigenvalue weighted by Crippen LogP contribution is -2.41. The van der Waals surface area contributed by atoms with Crippen molar-refractivity contribution in [2.75, 3.05) is 0 Å². The van der Waals surface area contributed by atoms with E-state index in [-0.39, 0.29) is 29.6 Å². The molecule has 0 aliphatic rings. The zero-order valence-corrected chi connectivity index (χ0v) is 16.5. The number of carbonyl (C=O) groups is 1. The maximum atomic E-state index is 13.1. The summed E-state index contributed by atoms with van der Waals surface area (Å²) in [5, 5.41) is 0.795. The molecule has 0 saturated heterocycles. The molecule has 0 aliphatic heterocycles. The van der Waals surface area contributed by atoms with E-state index in [4.69, 9.17) is 4.42 Å². The molecule has 0 unspecified atom stereocenters. The molecule has 4 aromatic rings. The Morgan fingerprint density at radius 2 is 1.86 bits per heavy atom. The first kappa shape index (κ1) is 18.9. The van der Waals surface area contributed by atoms with Crippen LogP contribution >= 0.6 is 0 Å². The van der Waals surface area contributed by atoms with Crippen molar-refractivity contribution in [1.29, 1.82) is 0 Å². The van der Waals surface area contributed by atoms with E-state index in [0.717, 1.165) is 17.4 Å². The van der Waals surface area contributed by atoms with Crippen molar-refractivity contribution in [3.8, 4) is 0 Å². The van der Waals surface area contributed by atoms with Crippen LogP contribution in [-0.4, -0.2) is 26.4 Å². The molecule has 6 nitrogen and oxygen atoms in total. The monoisotopic (exact) mass is 389 g/mol. The Labute approximate surface area is 168 Å². The number of benzene rings is 2. The average Bonchev–Trinajstić information content (AvgIpc) is 3.13. The Kier molecular flexibility index (Phi) is 5.16. The molecule has 0 N–H and O–H groups in total. The van der Waals surface area contributed by atoms with Gasteiger partial charge in [-0.15, -0.1) is 0 Å². The van der Waals surface area contributed by atoms with E-state index in [1.54, 1.807) is 6.07 Å². The Bertz CT molecular complexity index is 1210. The molecule has 29 heavy (non-hydrogen) atoms. The van der Waals surface area contributed by atoms with Gasteiger partial charge in [-0.25, -0.2) is 4.98 Å². The van der Waals surface area contributed by atoms with Crippen molar-refractivity contribution in [2.24, 2.45) is 0 Å². The second-order valence-electron chi connectivity index (χ2n) is 7.22. The first-order valence-electron chi connectivity index (χ1n) is 9.78. The predicted molar refractivity (Wildman–Crippen MR) is 113 cm³/mol. The Balaban J connectivity index is 1.65. The molecule has 4 rings (SSSR count). The zero-order valence-electron chi connectivity index (χ0n) is 16.5. The highest BCUT2D eigenvalue weighted by atomic mass is 16.3. The number of carbonyl (C=O) groups excluding carboxylic acids is 1. The molecule has 1 amide bonds. The van der Waals surface area contributed by atoms with Gasteiger partial charge in [-0.3, -0.25) is 14.2 Å². The first-order valence-corrected chi connectivity index (χ1v) is 9.78. The highest BCUT2D eigenvalue weighted by molar-refractivity contribution is 6.01. The predicted octanol–water partition coefficient (Wildman–Crippen LogP) is 3.97. The van der Waals surface area contributed by atoms with Crippen LogP contribution in [0.2, 0.25) is 0 Å². The average molecular weight is 389 g/mol. The quantitative estimate of drug-likeness (QED) is 0.500. The molecule has 1 atom stereocenters. The van der Waals surface area contributed by atoms with Gasteiger partial charge < -0.3 is 9.32 Å². The van der Waals surface area contributed by atoms with E-state index in [9.17, 15) is 9.59 Å². The molecule has 0 fully saturated rings. The van der Waals surface area contributed by atoms with Crippen LogP contribution in [0.5, 0.6) is 0 Å². The van der Waals surface area contributed by atoms with Crippen LogP contribution in [0, 0.1) is 0 Å². The molecular weight excluding hydrogens is 366 g/mol. The van der Waals surface area contributed by atoms with Gasteiger partial charge in [0, 0.05) is 18.0 Å². The second kappa shape index (κ2) is 7.91. The summed E-state index contributed by atoms with van der Waals surface area (Å²) < 4.78 is 7.04. The number of aromatic nitrogens is 2. The lowest BCUT2D eigenvalue weighted by Gasteiger charge is -2.29. The Hall–Kier alpha value is -3.41. The molecule has 0 spiro atoms. The van der Waals surface area contributed by atoms with Crippen molar-refractivity contribution in [3.63, 3.8) is 0 Å². The number of nitrogens with zero attached hydrogens (tertiary/aromatic N) is 3. The molecule has 2 aromatic heterocycles. The first-order chi connectivity index (χ1) is 14.1. The van der Waals surface area contributed by atoms with E-state index in [0.29, 0.717) is 17.6 Å². The highest BCUT2D eigenvalue weighted by Crippen LogP contribution is 2.24. The van der Waals surface area contributed by atoms with Gasteiger partial charge in [-0.05, 0) is 31.0 Å². The van der Waals surface area contributed by atoms with E-state index in [1.165, 1.54) is 10.9 Å². The molecule has 2 heterocycles. The summed E-state index contributed by atoms with van der Waals surface area (Å²) in [5.74, 6) is -0.123. The summed E-state index contributed by atoms with van der Waals surface area (Å²) in [6.07, 6.45) is 2.26. The third-order valence-electron chi connectivity index (χ3n) is 5.30. The number of para-hydroxylation sites is 1. The van der Waals surface area contributed by atoms with Crippen molar-refractivity contribution in [3.05, 3.63) is 76.8 Å². The SMILES string of the molecule is CC[C@@H](C)N(Cc1ccccc1)C(=O)Cn1cnc2c(oc3ccccc32)c1=O. The van der Waals surface area contributed by atoms with E-state index < -0.39 is 0 Å². The Morgan fingerprint density at radius 3 is 2.62 bits per heavy atom. The van der Waals surface area contributed by atoms with Crippen LogP contribution in [-0.2, 0) is 17.9 Å². The number of hydrogen-bond donors (Lipinski definition) is 0. The lowest BCUT2D eigenvalue weighted by atomic mass is 10.1. The number of rotatable bonds is 6. The van der Waals surface area contributed by atoms with Crippen LogP contribution in [0.15, 0.2) is 70.1 Å². The fraction of sp³-hybridized carbons (Fsp3) is 0.261. The van der Waals surface area contributed by atoms with Gasteiger partial charge in [0.15, 0.2) is 0 Å². The molecule has 0 aliphatic carbocycles. The summed E-state index contributed by atoms with van der Waals surface area (Å²) in [6.45, 7) is 4.49. The van der Waals surface area contributed by atoms with Crippen LogP contribution in [0.25, 0.3) is 22.1 Å². The smallest absolute Gasteiger partial charge is 0.297 e. The molecule has 6 heteroatoms. The van der Waals surface area contributed by atoms with Gasteiger partial charge in [0.2, 0.25) is 11.5 Å². The molecule has 0 saturated carbocycles. The van der Waals surface area contributed by atoms with Gasteiger partial charge in [0.05, 0.1) is 6.33 Å². The van der Waals surface area contributed by atoms with Gasteiger partial charge in [0.25, 0.3) is 5.56 Å². The van der Waals surface area contributed by atoms with Gasteiger partial charge >= 0.3 is 0 Å². The fourth-order valence-electron chi connectivity index (χ4n) is 3.45. The van der Waals surface area contributed by atoms with Gasteiger partial charge in [-0.1, -0.05) is 49.4 Å². The minimum Gasteiger partial charge on any atom is -0.448 e. The summed E-state index contributed by atoms with van der Waals surface area (Å²) >= 11 is 0. The van der Waals surface area contributed by atoms with Gasteiger partial charge in [-0.2, -0.15) is 0 Å². The van der Waals surface area contributed by atoms with Crippen LogP contribution in [0.3, 0.4) is 0 Å². The number of furan rings is 1. The minimum absolute atomic E-state index is 0.0568. The minimum atomic E-state index is -0.344. The molecule has 148 valence electrons. The van der Waals surface area contributed by atoms with E-state index >= 15 is 0 Å². The summed E-state index contributed by atoms with van der Waals surface area (Å²) in [5.41, 5.74) is 2.03. The normalized spacial score (nSPS) is 12.3. The zero-order chi connectivity index (χ0) is 20.4. The summed E-state index contributed by atoms with van der Waals surface area (Å²) in [4.78, 5) is 32.2. The summed E-state index contributed by atoms with van der Waals surface area (Å²) in [6, 6.07) is 17.3. The highest BCUT2D eigenvalue weighted by Gasteiger charge is 2.21. The summed E-state index contributed by atoms with van der Waals surface area (Å²) in [7, 11) is 0. The third kappa shape index (κ3) is 3.66. The topological polar surface area (TPSA) is 68.3 Å². The van der Waals surface area contributed by atoms with Crippen molar-refractivity contribution in [2.45, 2.75) is 39.4 Å². The lowest BCUT2D eigenvalue weighted by molar-refractivity contribution is -0.134. The number of amides is 1. The third-order valence-corrected chi connectivity index (χ3v) is 5.30. The largest absolute Gasteiger partial charge is 0.448 e. The van der Waals surface area contributed by atoms with E-state index in [1.807, 2.05) is 67.3 Å². The van der Waals surface area contributed by atoms with Gasteiger partial charge in [0.1, 0.15) is 17.6 Å².